The fraction of sp³-hybridized carbons (Fsp3) is 1.00. The van der Waals surface area contributed by atoms with Crippen LogP contribution in [0.2, 0.25) is 0 Å². The molecule has 0 saturated carbocycles. The summed E-state index contributed by atoms with van der Waals surface area (Å²) < 4.78 is 0. The summed E-state index contributed by atoms with van der Waals surface area (Å²) in [6.45, 7) is 3.43. The quantitative estimate of drug-likeness (QED) is 0.520. The molecule has 1 saturated heterocycles. The molecule has 0 spiro atoms. The predicted octanol–water partition coefficient (Wildman–Crippen LogP) is -0.271. The zero-order valence-electron chi connectivity index (χ0n) is 7.01. The Balaban J connectivity index is 2.43. The maximum atomic E-state index is 9.66. The molecular formula is C8H17NO2. The first-order chi connectivity index (χ1) is 5.17. The molecule has 3 heteroatoms. The smallest absolute Gasteiger partial charge is 0.0889 e. The third kappa shape index (κ3) is 2.15. The van der Waals surface area contributed by atoms with Crippen molar-refractivity contribution in [2.45, 2.75) is 25.4 Å². The maximum absolute atomic E-state index is 9.66. The van der Waals surface area contributed by atoms with Crippen molar-refractivity contribution in [3.05, 3.63) is 0 Å². The van der Waals surface area contributed by atoms with Crippen LogP contribution in [0.4, 0.5) is 0 Å². The fourth-order valence-electron chi connectivity index (χ4n) is 1.51. The second kappa shape index (κ2) is 3.52. The second-order valence-electron chi connectivity index (χ2n) is 3.56. The van der Waals surface area contributed by atoms with E-state index in [2.05, 4.69) is 5.32 Å². The molecule has 1 rings (SSSR count). The lowest BCUT2D eigenvalue weighted by Crippen LogP contribution is -2.46. The van der Waals surface area contributed by atoms with Crippen LogP contribution in [0.15, 0.2) is 0 Å². The minimum absolute atomic E-state index is 0.140. The summed E-state index contributed by atoms with van der Waals surface area (Å²) in [5.41, 5.74) is -0.895. The number of hydrogen-bond acceptors (Lipinski definition) is 3. The molecule has 0 radical (unpaired) electrons. The molecular weight excluding hydrogens is 142 g/mol. The summed E-state index contributed by atoms with van der Waals surface area (Å²) in [5.74, 6) is 0.209. The summed E-state index contributed by atoms with van der Waals surface area (Å²) in [6.07, 6.45) is 2.11. The first-order valence-corrected chi connectivity index (χ1v) is 4.21. The van der Waals surface area contributed by atoms with Crippen molar-refractivity contribution in [2.24, 2.45) is 5.92 Å². The highest BCUT2D eigenvalue weighted by Crippen LogP contribution is 2.22. The maximum Gasteiger partial charge on any atom is 0.0889 e. The van der Waals surface area contributed by atoms with Gasteiger partial charge >= 0.3 is 0 Å². The van der Waals surface area contributed by atoms with E-state index in [-0.39, 0.29) is 12.5 Å². The largest absolute Gasteiger partial charge is 0.393 e. The van der Waals surface area contributed by atoms with Crippen LogP contribution < -0.4 is 5.32 Å². The van der Waals surface area contributed by atoms with Crippen LogP contribution in [-0.2, 0) is 0 Å². The van der Waals surface area contributed by atoms with Crippen LogP contribution in [0.3, 0.4) is 0 Å². The van der Waals surface area contributed by atoms with Gasteiger partial charge in [-0.3, -0.25) is 0 Å². The molecule has 0 aromatic heterocycles. The number of aliphatic hydroxyl groups excluding tert-OH is 1. The van der Waals surface area contributed by atoms with Crippen molar-refractivity contribution in [2.75, 3.05) is 19.7 Å². The van der Waals surface area contributed by atoms with Gasteiger partial charge in [0.15, 0.2) is 0 Å². The lowest BCUT2D eigenvalue weighted by atomic mass is 9.84. The highest BCUT2D eigenvalue weighted by atomic mass is 16.3. The summed E-state index contributed by atoms with van der Waals surface area (Å²) in [5, 5.41) is 21.7. The highest BCUT2D eigenvalue weighted by molar-refractivity contribution is 4.85. The van der Waals surface area contributed by atoms with Gasteiger partial charge in [0.25, 0.3) is 0 Å². The number of rotatable bonds is 2. The van der Waals surface area contributed by atoms with Gasteiger partial charge in [-0.15, -0.1) is 0 Å². The normalized spacial score (nSPS) is 31.4. The van der Waals surface area contributed by atoms with Crippen molar-refractivity contribution < 1.29 is 10.2 Å². The minimum Gasteiger partial charge on any atom is -0.393 e. The third-order valence-electron chi connectivity index (χ3n) is 2.50. The van der Waals surface area contributed by atoms with E-state index in [9.17, 15) is 5.11 Å². The molecule has 66 valence electrons. The van der Waals surface area contributed by atoms with Gasteiger partial charge in [-0.05, 0) is 26.3 Å². The minimum atomic E-state index is -0.895. The molecule has 11 heavy (non-hydrogen) atoms. The van der Waals surface area contributed by atoms with E-state index in [1.54, 1.807) is 6.92 Å². The number of nitrogens with one attached hydrogen (secondary N) is 1. The molecule has 0 amide bonds. The predicted molar refractivity (Wildman–Crippen MR) is 43.3 cm³/mol. The highest BCUT2D eigenvalue weighted by Gasteiger charge is 2.31. The number of aliphatic hydroxyl groups is 2. The van der Waals surface area contributed by atoms with E-state index in [4.69, 9.17) is 5.11 Å². The van der Waals surface area contributed by atoms with Crippen LogP contribution in [0, 0.1) is 5.92 Å². The number of piperidine rings is 1. The molecule has 0 aromatic carbocycles. The molecule has 1 aliphatic heterocycles. The summed E-state index contributed by atoms with van der Waals surface area (Å²) in [7, 11) is 0. The standard InChI is InChI=1S/C8H17NO2/c1-8(11,6-10)7-3-2-4-9-5-7/h7,9-11H,2-6H2,1H3/t7-,8-/m0/s1. The molecule has 0 unspecified atom stereocenters. The zero-order valence-corrected chi connectivity index (χ0v) is 7.01. The van der Waals surface area contributed by atoms with E-state index in [0.717, 1.165) is 25.9 Å². The Labute approximate surface area is 67.4 Å². The molecule has 0 aliphatic carbocycles. The van der Waals surface area contributed by atoms with Gasteiger partial charge in [0, 0.05) is 12.5 Å². The topological polar surface area (TPSA) is 52.5 Å². The molecule has 2 atom stereocenters. The Morgan fingerprint density at radius 1 is 1.64 bits per heavy atom. The van der Waals surface area contributed by atoms with Crippen LogP contribution in [0.1, 0.15) is 19.8 Å². The van der Waals surface area contributed by atoms with Gasteiger partial charge in [-0.2, -0.15) is 0 Å². The average Bonchev–Trinajstić information content (AvgIpc) is 2.06. The van der Waals surface area contributed by atoms with E-state index in [1.807, 2.05) is 0 Å². The molecule has 1 aliphatic rings. The van der Waals surface area contributed by atoms with Crippen molar-refractivity contribution >= 4 is 0 Å². The first-order valence-electron chi connectivity index (χ1n) is 4.21. The fourth-order valence-corrected chi connectivity index (χ4v) is 1.51. The molecule has 0 aromatic rings. The van der Waals surface area contributed by atoms with Crippen molar-refractivity contribution in [1.82, 2.24) is 5.32 Å². The Bertz CT molecular complexity index is 119. The SMILES string of the molecule is C[C@](O)(CO)[C@H]1CCCNC1. The lowest BCUT2D eigenvalue weighted by Gasteiger charge is -2.34. The van der Waals surface area contributed by atoms with Crippen LogP contribution in [0.25, 0.3) is 0 Å². The third-order valence-corrected chi connectivity index (χ3v) is 2.50. The van der Waals surface area contributed by atoms with Crippen LogP contribution in [0.5, 0.6) is 0 Å². The molecule has 0 bridgehead atoms. The van der Waals surface area contributed by atoms with E-state index in [0.29, 0.717) is 0 Å². The van der Waals surface area contributed by atoms with E-state index >= 15 is 0 Å². The van der Waals surface area contributed by atoms with Crippen molar-refractivity contribution in [1.29, 1.82) is 0 Å². The summed E-state index contributed by atoms with van der Waals surface area (Å²) in [6, 6.07) is 0. The van der Waals surface area contributed by atoms with Crippen molar-refractivity contribution in [3.63, 3.8) is 0 Å². The summed E-state index contributed by atoms with van der Waals surface area (Å²) >= 11 is 0. The van der Waals surface area contributed by atoms with Gasteiger partial charge in [-0.1, -0.05) is 0 Å². The van der Waals surface area contributed by atoms with Gasteiger partial charge in [0.1, 0.15) is 0 Å². The summed E-state index contributed by atoms with van der Waals surface area (Å²) in [4.78, 5) is 0. The first kappa shape index (κ1) is 8.97. The van der Waals surface area contributed by atoms with E-state index < -0.39 is 5.60 Å². The lowest BCUT2D eigenvalue weighted by molar-refractivity contribution is -0.0531. The van der Waals surface area contributed by atoms with Crippen LogP contribution in [-0.4, -0.2) is 35.5 Å². The van der Waals surface area contributed by atoms with Gasteiger partial charge in [0.2, 0.25) is 0 Å². The average molecular weight is 159 g/mol. The van der Waals surface area contributed by atoms with Gasteiger partial charge in [0.05, 0.1) is 12.2 Å². The Morgan fingerprint density at radius 2 is 2.36 bits per heavy atom. The molecule has 1 fully saturated rings. The van der Waals surface area contributed by atoms with Gasteiger partial charge in [-0.25, -0.2) is 0 Å². The zero-order chi connectivity index (χ0) is 8.32. The van der Waals surface area contributed by atoms with Crippen molar-refractivity contribution in [3.8, 4) is 0 Å². The second-order valence-corrected chi connectivity index (χ2v) is 3.56. The Kier molecular flexibility index (Phi) is 2.87. The Morgan fingerprint density at radius 3 is 2.82 bits per heavy atom. The number of hydrogen-bond donors (Lipinski definition) is 3. The van der Waals surface area contributed by atoms with Gasteiger partial charge < -0.3 is 15.5 Å². The molecule has 3 N–H and O–H groups in total. The van der Waals surface area contributed by atoms with Crippen LogP contribution >= 0.6 is 0 Å². The monoisotopic (exact) mass is 159 g/mol. The van der Waals surface area contributed by atoms with E-state index in [1.165, 1.54) is 0 Å². The Hall–Kier alpha value is -0.120. The molecule has 3 nitrogen and oxygen atoms in total. The molecule has 1 heterocycles.